The lowest BCUT2D eigenvalue weighted by molar-refractivity contribution is 0.213. The molecule has 108 valence electrons. The predicted octanol–water partition coefficient (Wildman–Crippen LogP) is 4.34. The van der Waals surface area contributed by atoms with E-state index in [9.17, 15) is 0 Å². The summed E-state index contributed by atoms with van der Waals surface area (Å²) in [7, 11) is 2.15. The van der Waals surface area contributed by atoms with Crippen LogP contribution in [0.4, 0.5) is 0 Å². The number of aryl methyl sites for hydroxylation is 1. The van der Waals surface area contributed by atoms with E-state index in [2.05, 4.69) is 77.4 Å². The Morgan fingerprint density at radius 2 is 2.10 bits per heavy atom. The molecule has 0 radical (unpaired) electrons. The smallest absolute Gasteiger partial charge is 0.0593 e. The Morgan fingerprint density at radius 1 is 1.35 bits per heavy atom. The standard InChI is InChI=1S/C16H21BrN2S/c1-11-7-8-20-16(11)15(12(2)18)19(3)10-13-5-4-6-14(17)9-13/h4-9,12,15H,10,18H2,1-3H3. The summed E-state index contributed by atoms with van der Waals surface area (Å²) in [5.41, 5.74) is 8.86. The van der Waals surface area contributed by atoms with Crippen LogP contribution in [0, 0.1) is 6.92 Å². The van der Waals surface area contributed by atoms with Gasteiger partial charge in [0.1, 0.15) is 0 Å². The number of hydrogen-bond acceptors (Lipinski definition) is 3. The van der Waals surface area contributed by atoms with Crippen LogP contribution >= 0.6 is 27.3 Å². The van der Waals surface area contributed by atoms with Gasteiger partial charge in [-0.2, -0.15) is 0 Å². The number of likely N-dealkylation sites (N-methyl/N-ethyl adjacent to an activating group) is 1. The summed E-state index contributed by atoms with van der Waals surface area (Å²) in [5.74, 6) is 0. The summed E-state index contributed by atoms with van der Waals surface area (Å²) in [6.07, 6.45) is 0. The van der Waals surface area contributed by atoms with Crippen LogP contribution < -0.4 is 5.73 Å². The number of nitrogens with two attached hydrogens (primary N) is 1. The average Bonchev–Trinajstić information content (AvgIpc) is 2.75. The van der Waals surface area contributed by atoms with Gasteiger partial charge in [-0.15, -0.1) is 11.3 Å². The highest BCUT2D eigenvalue weighted by Crippen LogP contribution is 2.31. The van der Waals surface area contributed by atoms with Crippen molar-refractivity contribution in [3.05, 3.63) is 56.2 Å². The number of hydrogen-bond donors (Lipinski definition) is 1. The fourth-order valence-corrected chi connectivity index (χ4v) is 4.20. The molecule has 1 heterocycles. The highest BCUT2D eigenvalue weighted by atomic mass is 79.9. The summed E-state index contributed by atoms with van der Waals surface area (Å²) < 4.78 is 1.12. The van der Waals surface area contributed by atoms with E-state index in [0.717, 1.165) is 11.0 Å². The molecule has 0 saturated carbocycles. The monoisotopic (exact) mass is 352 g/mol. The maximum Gasteiger partial charge on any atom is 0.0593 e. The van der Waals surface area contributed by atoms with Crippen molar-refractivity contribution in [1.82, 2.24) is 4.90 Å². The zero-order valence-electron chi connectivity index (χ0n) is 12.1. The van der Waals surface area contributed by atoms with Crippen molar-refractivity contribution in [2.75, 3.05) is 7.05 Å². The minimum absolute atomic E-state index is 0.101. The average molecular weight is 353 g/mol. The van der Waals surface area contributed by atoms with Gasteiger partial charge in [0, 0.05) is 21.9 Å². The molecule has 2 rings (SSSR count). The first kappa shape index (κ1) is 15.7. The van der Waals surface area contributed by atoms with Crippen molar-refractivity contribution in [2.24, 2.45) is 5.73 Å². The van der Waals surface area contributed by atoms with Crippen LogP contribution in [0.5, 0.6) is 0 Å². The van der Waals surface area contributed by atoms with E-state index in [1.165, 1.54) is 16.0 Å². The van der Waals surface area contributed by atoms with Gasteiger partial charge in [0.05, 0.1) is 6.04 Å². The Kier molecular flexibility index (Phi) is 5.38. The third-order valence-electron chi connectivity index (χ3n) is 3.46. The molecule has 2 nitrogen and oxygen atoms in total. The third-order valence-corrected chi connectivity index (χ3v) is 5.05. The zero-order valence-corrected chi connectivity index (χ0v) is 14.5. The van der Waals surface area contributed by atoms with Crippen LogP contribution in [-0.2, 0) is 6.54 Å². The summed E-state index contributed by atoms with van der Waals surface area (Å²) in [6.45, 7) is 5.14. The molecular weight excluding hydrogens is 332 g/mol. The molecule has 2 unspecified atom stereocenters. The molecule has 1 aromatic carbocycles. The van der Waals surface area contributed by atoms with Gasteiger partial charge in [0.15, 0.2) is 0 Å². The lowest BCUT2D eigenvalue weighted by Gasteiger charge is -2.31. The summed E-state index contributed by atoms with van der Waals surface area (Å²) in [6, 6.07) is 11.0. The molecular formula is C16H21BrN2S. The van der Waals surface area contributed by atoms with Gasteiger partial charge in [-0.25, -0.2) is 0 Å². The van der Waals surface area contributed by atoms with Gasteiger partial charge < -0.3 is 5.73 Å². The van der Waals surface area contributed by atoms with Crippen molar-refractivity contribution >= 4 is 27.3 Å². The molecule has 0 fully saturated rings. The molecule has 1 aromatic heterocycles. The summed E-state index contributed by atoms with van der Waals surface area (Å²) in [5, 5.41) is 2.15. The largest absolute Gasteiger partial charge is 0.326 e. The second-order valence-corrected chi connectivity index (χ2v) is 7.18. The Bertz CT molecular complexity index is 565. The van der Waals surface area contributed by atoms with E-state index in [0.29, 0.717) is 0 Å². The predicted molar refractivity (Wildman–Crippen MR) is 91.1 cm³/mol. The summed E-state index contributed by atoms with van der Waals surface area (Å²) in [4.78, 5) is 3.71. The summed E-state index contributed by atoms with van der Waals surface area (Å²) >= 11 is 5.32. The van der Waals surface area contributed by atoms with Gasteiger partial charge in [0.25, 0.3) is 0 Å². The molecule has 0 saturated heterocycles. The molecule has 0 bridgehead atoms. The van der Waals surface area contributed by atoms with E-state index in [4.69, 9.17) is 5.73 Å². The van der Waals surface area contributed by atoms with Gasteiger partial charge in [0.2, 0.25) is 0 Å². The molecule has 2 N–H and O–H groups in total. The van der Waals surface area contributed by atoms with Crippen LogP contribution in [0.25, 0.3) is 0 Å². The highest BCUT2D eigenvalue weighted by molar-refractivity contribution is 9.10. The minimum atomic E-state index is 0.101. The number of benzene rings is 1. The fourth-order valence-electron chi connectivity index (χ4n) is 2.55. The quantitative estimate of drug-likeness (QED) is 0.866. The minimum Gasteiger partial charge on any atom is -0.326 e. The number of rotatable bonds is 5. The van der Waals surface area contributed by atoms with Crippen molar-refractivity contribution in [3.63, 3.8) is 0 Å². The van der Waals surface area contributed by atoms with Crippen molar-refractivity contribution < 1.29 is 0 Å². The highest BCUT2D eigenvalue weighted by Gasteiger charge is 2.23. The molecule has 0 spiro atoms. The Labute approximate surface area is 133 Å². The Hall–Kier alpha value is -0.680. The van der Waals surface area contributed by atoms with Crippen LogP contribution in [-0.4, -0.2) is 18.0 Å². The normalized spacial score (nSPS) is 14.5. The first-order valence-corrected chi connectivity index (χ1v) is 8.40. The van der Waals surface area contributed by atoms with Gasteiger partial charge in [-0.1, -0.05) is 28.1 Å². The molecule has 20 heavy (non-hydrogen) atoms. The molecule has 2 aromatic rings. The lowest BCUT2D eigenvalue weighted by atomic mass is 10.0. The van der Waals surface area contributed by atoms with Gasteiger partial charge in [-0.3, -0.25) is 4.90 Å². The van der Waals surface area contributed by atoms with Crippen LogP contribution in [0.1, 0.15) is 29.0 Å². The lowest BCUT2D eigenvalue weighted by Crippen LogP contribution is -2.36. The topological polar surface area (TPSA) is 29.3 Å². The Morgan fingerprint density at radius 3 is 2.65 bits per heavy atom. The van der Waals surface area contributed by atoms with Gasteiger partial charge >= 0.3 is 0 Å². The second-order valence-electron chi connectivity index (χ2n) is 5.32. The van der Waals surface area contributed by atoms with Crippen molar-refractivity contribution in [3.8, 4) is 0 Å². The first-order chi connectivity index (χ1) is 9.49. The molecule has 0 aliphatic rings. The number of nitrogens with zero attached hydrogens (tertiary/aromatic N) is 1. The Balaban J connectivity index is 2.20. The van der Waals surface area contributed by atoms with Crippen LogP contribution in [0.15, 0.2) is 40.2 Å². The van der Waals surface area contributed by atoms with E-state index >= 15 is 0 Å². The van der Waals surface area contributed by atoms with E-state index in [1.54, 1.807) is 11.3 Å². The molecule has 0 amide bonds. The van der Waals surface area contributed by atoms with Crippen LogP contribution in [0.3, 0.4) is 0 Å². The third kappa shape index (κ3) is 3.70. The van der Waals surface area contributed by atoms with E-state index in [-0.39, 0.29) is 12.1 Å². The van der Waals surface area contributed by atoms with Crippen molar-refractivity contribution in [2.45, 2.75) is 32.5 Å². The second kappa shape index (κ2) is 6.85. The van der Waals surface area contributed by atoms with Gasteiger partial charge in [-0.05, 0) is 55.6 Å². The fraction of sp³-hybridized carbons (Fsp3) is 0.375. The molecule has 0 aliphatic heterocycles. The maximum atomic E-state index is 6.24. The van der Waals surface area contributed by atoms with E-state index < -0.39 is 0 Å². The molecule has 4 heteroatoms. The SMILES string of the molecule is Cc1ccsc1C(C(C)N)N(C)Cc1cccc(Br)c1. The first-order valence-electron chi connectivity index (χ1n) is 6.73. The number of halogens is 1. The van der Waals surface area contributed by atoms with E-state index in [1.807, 2.05) is 0 Å². The molecule has 0 aliphatic carbocycles. The van der Waals surface area contributed by atoms with Crippen LogP contribution in [0.2, 0.25) is 0 Å². The van der Waals surface area contributed by atoms with Crippen molar-refractivity contribution in [1.29, 1.82) is 0 Å². The molecule has 2 atom stereocenters. The maximum absolute atomic E-state index is 6.24. The number of thiophene rings is 1. The zero-order chi connectivity index (χ0) is 14.7.